The van der Waals surface area contributed by atoms with Crippen LogP contribution in [0.4, 0.5) is 8.78 Å². The summed E-state index contributed by atoms with van der Waals surface area (Å²) in [6.07, 6.45) is 2.96. The lowest BCUT2D eigenvalue weighted by atomic mass is 9.78. The van der Waals surface area contributed by atoms with Gasteiger partial charge in [0.15, 0.2) is 0 Å². The van der Waals surface area contributed by atoms with E-state index >= 15 is 0 Å². The van der Waals surface area contributed by atoms with Crippen molar-refractivity contribution in [3.05, 3.63) is 60.4 Å². The number of methoxy groups -OCH3 is 2. The number of benzene rings is 2. The van der Waals surface area contributed by atoms with Crippen LogP contribution in [-0.2, 0) is 0 Å². The summed E-state index contributed by atoms with van der Waals surface area (Å²) in [5, 5.41) is 19.0. The van der Waals surface area contributed by atoms with E-state index in [1.54, 1.807) is 6.07 Å². The first-order chi connectivity index (χ1) is 13.0. The number of hydrogen-bond acceptors (Lipinski definition) is 5. The Morgan fingerprint density at radius 1 is 0.926 bits per heavy atom. The molecular formula is C19H16BF2NO4. The predicted molar refractivity (Wildman–Crippen MR) is 98.0 cm³/mol. The van der Waals surface area contributed by atoms with Crippen LogP contribution in [0.5, 0.6) is 11.5 Å². The number of pyridine rings is 1. The average Bonchev–Trinajstić information content (AvgIpc) is 2.67. The van der Waals surface area contributed by atoms with E-state index < -0.39 is 18.8 Å². The van der Waals surface area contributed by atoms with Gasteiger partial charge in [0.2, 0.25) is 0 Å². The number of aromatic nitrogens is 1. The van der Waals surface area contributed by atoms with Crippen LogP contribution in [0, 0.1) is 11.6 Å². The van der Waals surface area contributed by atoms with Crippen LogP contribution in [0.2, 0.25) is 0 Å². The fraction of sp³-hybridized carbons (Fsp3) is 0.105. The predicted octanol–water partition coefficient (Wildman–Crippen LogP) is 2.39. The van der Waals surface area contributed by atoms with Crippen LogP contribution in [0.1, 0.15) is 0 Å². The second-order valence-electron chi connectivity index (χ2n) is 5.73. The van der Waals surface area contributed by atoms with Crippen molar-refractivity contribution in [1.29, 1.82) is 0 Å². The SMILES string of the molecule is COc1cc(F)ccc1-c1cncc(-c2c(F)ccc(B(O)O)c2OC)c1. The normalized spacial score (nSPS) is 10.6. The molecule has 0 fully saturated rings. The van der Waals surface area contributed by atoms with Gasteiger partial charge in [-0.1, -0.05) is 6.07 Å². The van der Waals surface area contributed by atoms with Gasteiger partial charge in [0, 0.05) is 40.6 Å². The number of halogens is 2. The fourth-order valence-electron chi connectivity index (χ4n) is 2.89. The Bertz CT molecular complexity index is 982. The summed E-state index contributed by atoms with van der Waals surface area (Å²) in [6.45, 7) is 0. The summed E-state index contributed by atoms with van der Waals surface area (Å²) >= 11 is 0. The zero-order chi connectivity index (χ0) is 19.6. The maximum atomic E-state index is 14.6. The van der Waals surface area contributed by atoms with E-state index in [1.165, 1.54) is 50.9 Å². The Labute approximate surface area is 155 Å². The number of hydrogen-bond donors (Lipinski definition) is 2. The summed E-state index contributed by atoms with van der Waals surface area (Å²) in [4.78, 5) is 4.13. The maximum absolute atomic E-state index is 14.6. The zero-order valence-corrected chi connectivity index (χ0v) is 14.6. The Morgan fingerprint density at radius 3 is 2.33 bits per heavy atom. The molecule has 0 aliphatic heterocycles. The van der Waals surface area contributed by atoms with Crippen LogP contribution in [0.25, 0.3) is 22.3 Å². The van der Waals surface area contributed by atoms with Gasteiger partial charge in [-0.25, -0.2) is 8.78 Å². The molecule has 0 spiro atoms. The molecule has 0 saturated heterocycles. The van der Waals surface area contributed by atoms with Crippen molar-refractivity contribution in [3.63, 3.8) is 0 Å². The smallest absolute Gasteiger partial charge is 0.492 e. The first-order valence-corrected chi connectivity index (χ1v) is 7.98. The highest BCUT2D eigenvalue weighted by molar-refractivity contribution is 6.60. The molecular weight excluding hydrogens is 355 g/mol. The van der Waals surface area contributed by atoms with Gasteiger partial charge in [-0.2, -0.15) is 0 Å². The summed E-state index contributed by atoms with van der Waals surface area (Å²) in [7, 11) is 0.905. The molecule has 1 aromatic heterocycles. The second kappa shape index (κ2) is 7.73. The van der Waals surface area contributed by atoms with Crippen LogP contribution in [-0.4, -0.2) is 36.4 Å². The van der Waals surface area contributed by atoms with Gasteiger partial charge in [0.1, 0.15) is 23.1 Å². The maximum Gasteiger partial charge on any atom is 0.492 e. The van der Waals surface area contributed by atoms with E-state index in [0.29, 0.717) is 22.4 Å². The molecule has 0 atom stereocenters. The van der Waals surface area contributed by atoms with E-state index in [0.717, 1.165) is 6.07 Å². The monoisotopic (exact) mass is 371 g/mol. The highest BCUT2D eigenvalue weighted by Crippen LogP contribution is 2.36. The molecule has 138 valence electrons. The Balaban J connectivity index is 2.19. The number of ether oxygens (including phenoxy) is 2. The summed E-state index contributed by atoms with van der Waals surface area (Å²) < 4.78 is 38.4. The largest absolute Gasteiger partial charge is 0.496 e. The Morgan fingerprint density at radius 2 is 1.67 bits per heavy atom. The highest BCUT2D eigenvalue weighted by Gasteiger charge is 2.23. The molecule has 0 amide bonds. The van der Waals surface area contributed by atoms with Gasteiger partial charge >= 0.3 is 7.12 Å². The molecule has 3 rings (SSSR count). The van der Waals surface area contributed by atoms with Gasteiger partial charge in [-0.05, 0) is 24.3 Å². The van der Waals surface area contributed by atoms with E-state index in [9.17, 15) is 18.8 Å². The third kappa shape index (κ3) is 3.62. The quantitative estimate of drug-likeness (QED) is 0.674. The molecule has 3 aromatic rings. The topological polar surface area (TPSA) is 71.8 Å². The molecule has 2 N–H and O–H groups in total. The average molecular weight is 371 g/mol. The lowest BCUT2D eigenvalue weighted by molar-refractivity contribution is 0.402. The molecule has 0 saturated carbocycles. The third-order valence-corrected chi connectivity index (χ3v) is 4.12. The van der Waals surface area contributed by atoms with Gasteiger partial charge in [-0.15, -0.1) is 0 Å². The summed E-state index contributed by atoms with van der Waals surface area (Å²) in [6, 6.07) is 8.06. The highest BCUT2D eigenvalue weighted by atomic mass is 19.1. The van der Waals surface area contributed by atoms with E-state index in [4.69, 9.17) is 9.47 Å². The van der Waals surface area contributed by atoms with Crippen molar-refractivity contribution in [2.45, 2.75) is 0 Å². The fourth-order valence-corrected chi connectivity index (χ4v) is 2.89. The Hall–Kier alpha value is -2.97. The number of nitrogens with zero attached hydrogens (tertiary/aromatic N) is 1. The van der Waals surface area contributed by atoms with Crippen molar-refractivity contribution in [2.75, 3.05) is 14.2 Å². The van der Waals surface area contributed by atoms with E-state index in [1.807, 2.05) is 0 Å². The Kier molecular flexibility index (Phi) is 5.39. The van der Waals surface area contributed by atoms with Gasteiger partial charge in [0.05, 0.1) is 19.8 Å². The molecule has 1 heterocycles. The molecule has 0 aliphatic carbocycles. The minimum atomic E-state index is -1.83. The van der Waals surface area contributed by atoms with Crippen LogP contribution in [0.15, 0.2) is 48.8 Å². The van der Waals surface area contributed by atoms with Gasteiger partial charge < -0.3 is 19.5 Å². The molecule has 2 aromatic carbocycles. The van der Waals surface area contributed by atoms with E-state index in [-0.39, 0.29) is 16.8 Å². The summed E-state index contributed by atoms with van der Waals surface area (Å²) in [5.41, 5.74) is 1.57. The standard InChI is InChI=1S/C19H16BF2NO4/c1-26-17-8-13(21)3-4-14(17)11-7-12(10-23-9-11)18-16(22)6-5-15(20(24)25)19(18)27-2/h3-10,24-25H,1-2H3. The summed E-state index contributed by atoms with van der Waals surface area (Å²) in [5.74, 6) is -0.755. The van der Waals surface area contributed by atoms with Gasteiger partial charge in [0.25, 0.3) is 0 Å². The van der Waals surface area contributed by atoms with E-state index in [2.05, 4.69) is 4.98 Å². The van der Waals surface area contributed by atoms with Crippen molar-refractivity contribution < 1.29 is 28.3 Å². The molecule has 0 bridgehead atoms. The first-order valence-electron chi connectivity index (χ1n) is 7.98. The van der Waals surface area contributed by atoms with Crippen molar-refractivity contribution in [2.24, 2.45) is 0 Å². The molecule has 27 heavy (non-hydrogen) atoms. The first kappa shape index (κ1) is 18.8. The van der Waals surface area contributed by atoms with Crippen LogP contribution < -0.4 is 14.9 Å². The van der Waals surface area contributed by atoms with Crippen LogP contribution in [0.3, 0.4) is 0 Å². The van der Waals surface area contributed by atoms with Crippen molar-refractivity contribution in [3.8, 4) is 33.8 Å². The third-order valence-electron chi connectivity index (χ3n) is 4.12. The molecule has 0 unspecified atom stereocenters. The van der Waals surface area contributed by atoms with Crippen molar-refractivity contribution in [1.82, 2.24) is 4.98 Å². The minimum Gasteiger partial charge on any atom is -0.496 e. The molecule has 5 nitrogen and oxygen atoms in total. The minimum absolute atomic E-state index is 0.00461. The zero-order valence-electron chi connectivity index (χ0n) is 14.6. The lowest BCUT2D eigenvalue weighted by Gasteiger charge is -2.15. The second-order valence-corrected chi connectivity index (χ2v) is 5.73. The lowest BCUT2D eigenvalue weighted by Crippen LogP contribution is -2.31. The number of rotatable bonds is 5. The van der Waals surface area contributed by atoms with Gasteiger partial charge in [-0.3, -0.25) is 4.98 Å². The van der Waals surface area contributed by atoms with Crippen LogP contribution >= 0.6 is 0 Å². The molecule has 0 aliphatic rings. The van der Waals surface area contributed by atoms with Crippen molar-refractivity contribution >= 4 is 12.6 Å². The molecule has 8 heteroatoms. The molecule has 0 radical (unpaired) electrons.